The lowest BCUT2D eigenvalue weighted by molar-refractivity contribution is -0.136. The summed E-state index contributed by atoms with van der Waals surface area (Å²) in [6.07, 6.45) is 0. The van der Waals surface area contributed by atoms with Crippen molar-refractivity contribution in [2.45, 2.75) is 13.8 Å². The predicted octanol–water partition coefficient (Wildman–Crippen LogP) is 1.50. The molecule has 0 spiro atoms. The van der Waals surface area contributed by atoms with Gasteiger partial charge in [0.2, 0.25) is 5.91 Å². The third kappa shape index (κ3) is 2.91. The average molecular weight is 287 g/mol. The van der Waals surface area contributed by atoms with Gasteiger partial charge in [-0.1, -0.05) is 25.1 Å². The zero-order valence-corrected chi connectivity index (χ0v) is 13.0. The molecule has 0 aliphatic carbocycles. The maximum absolute atomic E-state index is 12.6. The Bertz CT molecular complexity index is 509. The molecule has 1 aromatic carbocycles. The smallest absolute Gasteiger partial charge is 0.227 e. The van der Waals surface area contributed by atoms with Gasteiger partial charge in [0.1, 0.15) is 0 Å². The Labute approximate surface area is 127 Å². The molecule has 2 saturated heterocycles. The number of carbonyl (C=O) groups is 1. The summed E-state index contributed by atoms with van der Waals surface area (Å²) in [5.74, 6) is 0.985. The zero-order chi connectivity index (χ0) is 14.8. The molecule has 114 valence electrons. The Morgan fingerprint density at radius 2 is 1.86 bits per heavy atom. The second-order valence-electron chi connectivity index (χ2n) is 6.34. The first-order valence-electron chi connectivity index (χ1n) is 7.97. The number of carbonyl (C=O) groups excluding carboxylic acids is 1. The number of benzene rings is 1. The van der Waals surface area contributed by atoms with Crippen molar-refractivity contribution in [2.75, 3.05) is 44.2 Å². The van der Waals surface area contributed by atoms with E-state index in [-0.39, 0.29) is 5.92 Å². The van der Waals surface area contributed by atoms with Gasteiger partial charge in [0.05, 0.1) is 5.92 Å². The highest BCUT2D eigenvalue weighted by molar-refractivity contribution is 5.80. The minimum Gasteiger partial charge on any atom is -0.368 e. The molecular formula is C17H25N3O. The lowest BCUT2D eigenvalue weighted by Gasteiger charge is -2.38. The molecule has 1 amide bonds. The van der Waals surface area contributed by atoms with E-state index >= 15 is 0 Å². The molecule has 0 radical (unpaired) electrons. The van der Waals surface area contributed by atoms with Crippen LogP contribution in [0.2, 0.25) is 0 Å². The largest absolute Gasteiger partial charge is 0.368 e. The van der Waals surface area contributed by atoms with E-state index < -0.39 is 0 Å². The van der Waals surface area contributed by atoms with Crippen molar-refractivity contribution in [2.24, 2.45) is 11.8 Å². The molecule has 0 saturated carbocycles. The second-order valence-corrected chi connectivity index (χ2v) is 6.34. The molecule has 21 heavy (non-hydrogen) atoms. The number of aryl methyl sites for hydroxylation is 1. The number of para-hydroxylation sites is 1. The van der Waals surface area contributed by atoms with E-state index in [4.69, 9.17) is 0 Å². The van der Waals surface area contributed by atoms with Crippen LogP contribution in [0.5, 0.6) is 0 Å². The number of nitrogens with one attached hydrogen (secondary N) is 1. The monoisotopic (exact) mass is 287 g/mol. The second kappa shape index (κ2) is 6.06. The van der Waals surface area contributed by atoms with E-state index in [0.717, 1.165) is 39.3 Å². The fourth-order valence-corrected chi connectivity index (χ4v) is 3.46. The number of rotatable bonds is 2. The van der Waals surface area contributed by atoms with Gasteiger partial charge < -0.3 is 15.1 Å². The van der Waals surface area contributed by atoms with Crippen LogP contribution in [0.15, 0.2) is 24.3 Å². The van der Waals surface area contributed by atoms with Crippen LogP contribution in [0.4, 0.5) is 5.69 Å². The summed E-state index contributed by atoms with van der Waals surface area (Å²) in [5, 5.41) is 3.33. The predicted molar refractivity (Wildman–Crippen MR) is 85.5 cm³/mol. The minimum absolute atomic E-state index is 0.176. The molecule has 4 nitrogen and oxygen atoms in total. The summed E-state index contributed by atoms with van der Waals surface area (Å²) < 4.78 is 0. The summed E-state index contributed by atoms with van der Waals surface area (Å²) >= 11 is 0. The lowest BCUT2D eigenvalue weighted by atomic mass is 9.96. The first-order valence-corrected chi connectivity index (χ1v) is 7.97. The fourth-order valence-electron chi connectivity index (χ4n) is 3.46. The number of piperazine rings is 1. The van der Waals surface area contributed by atoms with Crippen LogP contribution in [0.25, 0.3) is 0 Å². The number of nitrogens with zero attached hydrogens (tertiary/aromatic N) is 2. The molecule has 0 aromatic heterocycles. The van der Waals surface area contributed by atoms with Crippen molar-refractivity contribution in [3.8, 4) is 0 Å². The highest BCUT2D eigenvalue weighted by atomic mass is 16.2. The molecule has 1 N–H and O–H groups in total. The van der Waals surface area contributed by atoms with Crippen molar-refractivity contribution >= 4 is 11.6 Å². The molecule has 2 fully saturated rings. The third-order valence-electron chi connectivity index (χ3n) is 4.88. The van der Waals surface area contributed by atoms with Gasteiger partial charge in [0, 0.05) is 38.4 Å². The van der Waals surface area contributed by atoms with E-state index in [1.54, 1.807) is 0 Å². The van der Waals surface area contributed by atoms with Crippen LogP contribution in [0, 0.1) is 18.8 Å². The number of amides is 1. The van der Waals surface area contributed by atoms with Crippen LogP contribution < -0.4 is 10.2 Å². The first kappa shape index (κ1) is 14.4. The first-order chi connectivity index (χ1) is 10.2. The molecule has 1 aromatic rings. The van der Waals surface area contributed by atoms with E-state index in [1.807, 2.05) is 0 Å². The van der Waals surface area contributed by atoms with Crippen molar-refractivity contribution in [1.29, 1.82) is 0 Å². The maximum atomic E-state index is 12.6. The standard InChI is InChI=1S/C17H25N3O/c1-13-5-3-4-6-16(13)19-7-9-20(10-8-19)17(21)15-12-18-11-14(15)2/h3-6,14-15,18H,7-12H2,1-2H3/t14-,15-/m1/s1. The van der Waals surface area contributed by atoms with E-state index in [1.165, 1.54) is 11.3 Å². The summed E-state index contributed by atoms with van der Waals surface area (Å²) in [7, 11) is 0. The van der Waals surface area contributed by atoms with Crippen LogP contribution in [-0.2, 0) is 4.79 Å². The van der Waals surface area contributed by atoms with Crippen LogP contribution in [0.1, 0.15) is 12.5 Å². The molecular weight excluding hydrogens is 262 g/mol. The summed E-state index contributed by atoms with van der Waals surface area (Å²) in [4.78, 5) is 17.0. The molecule has 2 atom stereocenters. The Morgan fingerprint density at radius 1 is 1.14 bits per heavy atom. The van der Waals surface area contributed by atoms with Crippen molar-refractivity contribution < 1.29 is 4.79 Å². The van der Waals surface area contributed by atoms with Crippen molar-refractivity contribution in [3.63, 3.8) is 0 Å². The fraction of sp³-hybridized carbons (Fsp3) is 0.588. The van der Waals surface area contributed by atoms with Crippen LogP contribution in [0.3, 0.4) is 0 Å². The number of hydrogen-bond acceptors (Lipinski definition) is 3. The molecule has 4 heteroatoms. The Morgan fingerprint density at radius 3 is 2.48 bits per heavy atom. The quantitative estimate of drug-likeness (QED) is 0.895. The summed E-state index contributed by atoms with van der Waals surface area (Å²) in [5.41, 5.74) is 2.62. The Hall–Kier alpha value is -1.55. The van der Waals surface area contributed by atoms with Crippen molar-refractivity contribution in [1.82, 2.24) is 10.2 Å². The molecule has 0 bridgehead atoms. The molecule has 2 aliphatic heterocycles. The normalized spacial score (nSPS) is 26.2. The third-order valence-corrected chi connectivity index (χ3v) is 4.88. The van der Waals surface area contributed by atoms with E-state index in [9.17, 15) is 4.79 Å². The lowest BCUT2D eigenvalue weighted by Crippen LogP contribution is -2.51. The number of anilines is 1. The summed E-state index contributed by atoms with van der Waals surface area (Å²) in [6.45, 7) is 9.70. The molecule has 0 unspecified atom stereocenters. The molecule has 3 rings (SSSR count). The van der Waals surface area contributed by atoms with Gasteiger partial charge in [-0.3, -0.25) is 4.79 Å². The summed E-state index contributed by atoms with van der Waals surface area (Å²) in [6, 6.07) is 8.49. The van der Waals surface area contributed by atoms with Gasteiger partial charge in [-0.2, -0.15) is 0 Å². The number of hydrogen-bond donors (Lipinski definition) is 1. The Balaban J connectivity index is 1.60. The zero-order valence-electron chi connectivity index (χ0n) is 13.0. The van der Waals surface area contributed by atoms with E-state index in [0.29, 0.717) is 11.8 Å². The topological polar surface area (TPSA) is 35.6 Å². The average Bonchev–Trinajstić information content (AvgIpc) is 2.93. The van der Waals surface area contributed by atoms with Crippen LogP contribution >= 0.6 is 0 Å². The Kier molecular flexibility index (Phi) is 4.15. The molecule has 2 aliphatic rings. The van der Waals surface area contributed by atoms with Gasteiger partial charge in [0.15, 0.2) is 0 Å². The van der Waals surface area contributed by atoms with Crippen LogP contribution in [-0.4, -0.2) is 50.1 Å². The van der Waals surface area contributed by atoms with Gasteiger partial charge in [-0.25, -0.2) is 0 Å². The highest BCUT2D eigenvalue weighted by Crippen LogP contribution is 2.23. The van der Waals surface area contributed by atoms with Gasteiger partial charge in [0.25, 0.3) is 0 Å². The minimum atomic E-state index is 0.176. The van der Waals surface area contributed by atoms with E-state index in [2.05, 4.69) is 53.2 Å². The SMILES string of the molecule is Cc1ccccc1N1CCN(C(=O)[C@@H]2CNC[C@H]2C)CC1. The molecule has 2 heterocycles. The maximum Gasteiger partial charge on any atom is 0.227 e. The van der Waals surface area contributed by atoms with Crippen molar-refractivity contribution in [3.05, 3.63) is 29.8 Å². The van der Waals surface area contributed by atoms with Gasteiger partial charge in [-0.05, 0) is 31.0 Å². The van der Waals surface area contributed by atoms with Gasteiger partial charge in [-0.15, -0.1) is 0 Å². The highest BCUT2D eigenvalue weighted by Gasteiger charge is 2.34. The van der Waals surface area contributed by atoms with Gasteiger partial charge >= 0.3 is 0 Å².